The summed E-state index contributed by atoms with van der Waals surface area (Å²) in [5, 5.41) is 18.9. The highest BCUT2D eigenvalue weighted by Crippen LogP contribution is 2.40. The minimum absolute atomic E-state index is 0.00414. The predicted molar refractivity (Wildman–Crippen MR) is 169 cm³/mol. The van der Waals surface area contributed by atoms with Crippen LogP contribution < -0.4 is 15.4 Å². The number of hydrogen-bond donors (Lipinski definition) is 2. The number of nitrogens with zero attached hydrogens (tertiary/aromatic N) is 3. The van der Waals surface area contributed by atoms with E-state index in [4.69, 9.17) is 4.74 Å². The molecule has 7 rings (SSSR count). The highest BCUT2D eigenvalue weighted by molar-refractivity contribution is 7.17. The molecule has 1 saturated carbocycles. The molecule has 8 nitrogen and oxygen atoms in total. The molecule has 1 unspecified atom stereocenters. The molecule has 2 fully saturated rings. The van der Waals surface area contributed by atoms with Gasteiger partial charge in [0.15, 0.2) is 0 Å². The Morgan fingerprint density at radius 1 is 1.14 bits per heavy atom. The van der Waals surface area contributed by atoms with Gasteiger partial charge in [0.05, 0.1) is 17.2 Å². The summed E-state index contributed by atoms with van der Waals surface area (Å²) in [4.78, 5) is 26.2. The van der Waals surface area contributed by atoms with Crippen molar-refractivity contribution in [2.75, 3.05) is 26.2 Å². The van der Waals surface area contributed by atoms with Gasteiger partial charge < -0.3 is 20.3 Å². The maximum absolute atomic E-state index is 14.4. The van der Waals surface area contributed by atoms with Crippen molar-refractivity contribution < 1.29 is 18.7 Å². The van der Waals surface area contributed by atoms with Crippen molar-refractivity contribution in [2.24, 2.45) is 11.8 Å². The van der Waals surface area contributed by atoms with Crippen molar-refractivity contribution in [1.82, 2.24) is 25.7 Å². The standard InChI is InChI=1S/C34H34FN5O3S/c1-2-30(41)40-11-8-24(18-40)34(42)37-26-13-20(14-26)19-43-29-16-25(35)5-6-27(29)32-33-28(9-12-44-33)31(38-39-32)22-3-4-23-17-36-10-7-21(23)15-22/h2-6,9,12,15-16,20,24,26,36H,1,7-8,10-11,13-14,17-19H2,(H,37,42). The topological polar surface area (TPSA) is 96.5 Å². The van der Waals surface area contributed by atoms with E-state index in [2.05, 4.69) is 51.7 Å². The summed E-state index contributed by atoms with van der Waals surface area (Å²) >= 11 is 1.59. The molecule has 2 N–H and O–H groups in total. The zero-order chi connectivity index (χ0) is 30.2. The molecular formula is C34H34FN5O3S. The second kappa shape index (κ2) is 12.1. The Morgan fingerprint density at radius 3 is 2.86 bits per heavy atom. The van der Waals surface area contributed by atoms with E-state index in [-0.39, 0.29) is 35.5 Å². The van der Waals surface area contributed by atoms with Gasteiger partial charge in [-0.25, -0.2) is 4.39 Å². The lowest BCUT2D eigenvalue weighted by Gasteiger charge is -2.36. The summed E-state index contributed by atoms with van der Waals surface area (Å²) in [5.41, 5.74) is 5.93. The summed E-state index contributed by atoms with van der Waals surface area (Å²) in [5.74, 6) is -0.0157. The van der Waals surface area contributed by atoms with Crippen LogP contribution in [0.2, 0.25) is 0 Å². The third kappa shape index (κ3) is 5.59. The summed E-state index contributed by atoms with van der Waals surface area (Å²) in [6.45, 7) is 6.81. The summed E-state index contributed by atoms with van der Waals surface area (Å²) in [6.07, 6.45) is 4.53. The largest absolute Gasteiger partial charge is 0.492 e. The lowest BCUT2D eigenvalue weighted by Crippen LogP contribution is -2.48. The average Bonchev–Trinajstić information content (AvgIpc) is 3.72. The van der Waals surface area contributed by atoms with E-state index in [1.54, 1.807) is 22.3 Å². The van der Waals surface area contributed by atoms with Gasteiger partial charge in [-0.15, -0.1) is 21.5 Å². The molecule has 2 aliphatic heterocycles. The number of amides is 2. The number of fused-ring (bicyclic) bond motifs is 2. The zero-order valence-corrected chi connectivity index (χ0v) is 25.2. The number of benzene rings is 2. The number of aromatic nitrogens is 2. The number of carbonyl (C=O) groups is 2. The van der Waals surface area contributed by atoms with Crippen LogP contribution >= 0.6 is 11.3 Å². The van der Waals surface area contributed by atoms with E-state index in [1.807, 2.05) is 5.38 Å². The maximum atomic E-state index is 14.4. The third-order valence-electron chi connectivity index (χ3n) is 9.05. The second-order valence-electron chi connectivity index (χ2n) is 11.9. The van der Waals surface area contributed by atoms with E-state index in [1.165, 1.54) is 29.3 Å². The Morgan fingerprint density at radius 2 is 2.00 bits per heavy atom. The highest BCUT2D eigenvalue weighted by atomic mass is 32.1. The van der Waals surface area contributed by atoms with Crippen LogP contribution in [0.25, 0.3) is 32.6 Å². The van der Waals surface area contributed by atoms with Gasteiger partial charge in [0.1, 0.15) is 23.0 Å². The summed E-state index contributed by atoms with van der Waals surface area (Å²) in [7, 11) is 0. The SMILES string of the molecule is C=CC(=O)N1CCC(C(=O)NC2CC(COc3cc(F)ccc3-c3nnc(-c4ccc5c(c4)CCNC5)c4ccsc34)C2)C1. The minimum Gasteiger partial charge on any atom is -0.492 e. The van der Waals surface area contributed by atoms with E-state index >= 15 is 0 Å². The van der Waals surface area contributed by atoms with Crippen LogP contribution in [0.1, 0.15) is 30.4 Å². The van der Waals surface area contributed by atoms with Crippen molar-refractivity contribution >= 4 is 33.2 Å². The fraction of sp³-hybridized carbons (Fsp3) is 0.353. The van der Waals surface area contributed by atoms with E-state index in [0.29, 0.717) is 43.1 Å². The number of halogens is 1. The number of thiophene rings is 1. The van der Waals surface area contributed by atoms with Crippen molar-refractivity contribution in [2.45, 2.75) is 38.3 Å². The second-order valence-corrected chi connectivity index (χ2v) is 12.9. The minimum atomic E-state index is -0.376. The van der Waals surface area contributed by atoms with Crippen LogP contribution in [0, 0.1) is 17.7 Å². The molecule has 2 amide bonds. The van der Waals surface area contributed by atoms with Gasteiger partial charge >= 0.3 is 0 Å². The van der Waals surface area contributed by atoms with Crippen LogP contribution in [-0.4, -0.2) is 59.2 Å². The lowest BCUT2D eigenvalue weighted by molar-refractivity contribution is -0.127. The molecule has 1 saturated heterocycles. The van der Waals surface area contributed by atoms with Gasteiger partial charge in [-0.3, -0.25) is 9.59 Å². The first kappa shape index (κ1) is 28.6. The van der Waals surface area contributed by atoms with Crippen LogP contribution in [0.5, 0.6) is 5.75 Å². The third-order valence-corrected chi connectivity index (χ3v) is 9.97. The molecule has 2 aromatic carbocycles. The molecule has 0 bridgehead atoms. The van der Waals surface area contributed by atoms with Gasteiger partial charge in [0.2, 0.25) is 11.8 Å². The van der Waals surface area contributed by atoms with Crippen LogP contribution in [0.4, 0.5) is 4.39 Å². The Hall–Kier alpha value is -4.15. The monoisotopic (exact) mass is 611 g/mol. The van der Waals surface area contributed by atoms with Gasteiger partial charge in [-0.05, 0) is 85.0 Å². The number of rotatable bonds is 8. The molecule has 1 atom stereocenters. The molecule has 4 aromatic rings. The molecule has 44 heavy (non-hydrogen) atoms. The Bertz CT molecular complexity index is 1750. The number of hydrogen-bond acceptors (Lipinski definition) is 7. The van der Waals surface area contributed by atoms with Crippen molar-refractivity contribution in [3.8, 4) is 28.3 Å². The van der Waals surface area contributed by atoms with Gasteiger partial charge in [-0.1, -0.05) is 18.7 Å². The van der Waals surface area contributed by atoms with Crippen LogP contribution in [0.15, 0.2) is 60.5 Å². The van der Waals surface area contributed by atoms with Crippen molar-refractivity contribution in [3.63, 3.8) is 0 Å². The smallest absolute Gasteiger partial charge is 0.245 e. The molecular weight excluding hydrogens is 577 g/mol. The van der Waals surface area contributed by atoms with Gasteiger partial charge in [0.25, 0.3) is 0 Å². The fourth-order valence-corrected chi connectivity index (χ4v) is 7.42. The number of nitrogens with one attached hydrogen (secondary N) is 2. The number of ether oxygens (including phenoxy) is 1. The molecule has 4 heterocycles. The molecule has 2 aromatic heterocycles. The van der Waals surface area contributed by atoms with Crippen molar-refractivity contribution in [1.29, 1.82) is 0 Å². The molecule has 1 aliphatic carbocycles. The van der Waals surface area contributed by atoms with Crippen LogP contribution in [-0.2, 0) is 22.6 Å². The zero-order valence-electron chi connectivity index (χ0n) is 24.4. The first-order valence-electron chi connectivity index (χ1n) is 15.2. The summed E-state index contributed by atoms with van der Waals surface area (Å²) in [6, 6.07) is 13.2. The Kier molecular flexibility index (Phi) is 7.86. The number of carbonyl (C=O) groups excluding carboxylic acids is 2. The molecule has 0 spiro atoms. The molecule has 226 valence electrons. The Labute approximate surface area is 259 Å². The number of likely N-dealkylation sites (tertiary alicyclic amines) is 1. The van der Waals surface area contributed by atoms with E-state index in [0.717, 1.165) is 53.7 Å². The van der Waals surface area contributed by atoms with E-state index in [9.17, 15) is 14.0 Å². The Balaban J connectivity index is 1.03. The first-order valence-corrected chi connectivity index (χ1v) is 16.1. The first-order chi connectivity index (χ1) is 21.5. The fourth-order valence-electron chi connectivity index (χ4n) is 6.52. The molecule has 10 heteroatoms. The van der Waals surface area contributed by atoms with Gasteiger partial charge in [-0.2, -0.15) is 0 Å². The maximum Gasteiger partial charge on any atom is 0.245 e. The van der Waals surface area contributed by atoms with E-state index < -0.39 is 0 Å². The molecule has 3 aliphatic rings. The summed E-state index contributed by atoms with van der Waals surface area (Å²) < 4.78 is 21.6. The normalized spacial score (nSPS) is 21.0. The highest BCUT2D eigenvalue weighted by Gasteiger charge is 2.35. The predicted octanol–water partition coefficient (Wildman–Crippen LogP) is 5.12. The van der Waals surface area contributed by atoms with Crippen LogP contribution in [0.3, 0.4) is 0 Å². The molecule has 0 radical (unpaired) electrons. The van der Waals surface area contributed by atoms with Gasteiger partial charge in [0, 0.05) is 48.3 Å². The quantitative estimate of drug-likeness (QED) is 0.269. The van der Waals surface area contributed by atoms with Crippen molar-refractivity contribution in [3.05, 3.63) is 77.4 Å². The average molecular weight is 612 g/mol. The lowest BCUT2D eigenvalue weighted by atomic mass is 9.80.